The smallest absolute Gasteiger partial charge is 0.353 e. The Labute approximate surface area is 164 Å². The normalized spacial score (nSPS) is 14.8. The summed E-state index contributed by atoms with van der Waals surface area (Å²) < 4.78 is 5.01. The molecule has 28 heavy (non-hydrogen) atoms. The molecule has 1 N–H and O–H groups in total. The van der Waals surface area contributed by atoms with Gasteiger partial charge in [-0.1, -0.05) is 30.3 Å². The van der Waals surface area contributed by atoms with E-state index in [9.17, 15) is 10.1 Å². The van der Waals surface area contributed by atoms with Crippen LogP contribution in [0.3, 0.4) is 0 Å². The summed E-state index contributed by atoms with van der Waals surface area (Å²) in [5.41, 5.74) is 1.21. The van der Waals surface area contributed by atoms with E-state index in [0.29, 0.717) is 32.1 Å². The van der Waals surface area contributed by atoms with Gasteiger partial charge in [0.15, 0.2) is 0 Å². The highest BCUT2D eigenvalue weighted by Gasteiger charge is 2.29. The maximum absolute atomic E-state index is 11.7. The molecule has 9 nitrogen and oxygen atoms in total. The molecule has 0 aliphatic carbocycles. The minimum absolute atomic E-state index is 0.0589. The van der Waals surface area contributed by atoms with Gasteiger partial charge in [0.25, 0.3) is 0 Å². The molecule has 1 aliphatic heterocycles. The number of benzene rings is 1. The Balaban J connectivity index is 1.65. The van der Waals surface area contributed by atoms with E-state index < -0.39 is 4.92 Å². The van der Waals surface area contributed by atoms with Gasteiger partial charge in [0.2, 0.25) is 11.6 Å². The van der Waals surface area contributed by atoms with E-state index in [0.717, 1.165) is 26.1 Å². The van der Waals surface area contributed by atoms with Crippen LogP contribution in [0.2, 0.25) is 0 Å². The second-order valence-electron chi connectivity index (χ2n) is 6.67. The Hall–Kier alpha value is -2.78. The zero-order valence-corrected chi connectivity index (χ0v) is 16.1. The fourth-order valence-electron chi connectivity index (χ4n) is 3.28. The minimum Gasteiger partial charge on any atom is -0.385 e. The maximum Gasteiger partial charge on any atom is 0.353 e. The number of anilines is 2. The summed E-state index contributed by atoms with van der Waals surface area (Å²) in [5.74, 6) is 0.645. The third kappa shape index (κ3) is 5.14. The van der Waals surface area contributed by atoms with Gasteiger partial charge in [0, 0.05) is 53.0 Å². The van der Waals surface area contributed by atoms with Crippen LogP contribution in [0.5, 0.6) is 0 Å². The maximum atomic E-state index is 11.7. The number of nitrogens with one attached hydrogen (secondary N) is 1. The highest BCUT2D eigenvalue weighted by Crippen LogP contribution is 2.32. The lowest BCUT2D eigenvalue weighted by Crippen LogP contribution is -2.46. The van der Waals surface area contributed by atoms with Gasteiger partial charge in [-0.3, -0.25) is 15.0 Å². The second kappa shape index (κ2) is 9.95. The molecule has 0 spiro atoms. The third-order valence-corrected chi connectivity index (χ3v) is 4.72. The van der Waals surface area contributed by atoms with Crippen molar-refractivity contribution in [3.8, 4) is 0 Å². The van der Waals surface area contributed by atoms with Gasteiger partial charge in [-0.25, -0.2) is 9.97 Å². The molecule has 2 heterocycles. The zero-order chi connectivity index (χ0) is 19.8. The van der Waals surface area contributed by atoms with Crippen LogP contribution in [0.1, 0.15) is 12.0 Å². The van der Waals surface area contributed by atoms with Crippen molar-refractivity contribution in [1.82, 2.24) is 14.9 Å². The number of methoxy groups -OCH3 is 1. The van der Waals surface area contributed by atoms with E-state index in [4.69, 9.17) is 4.74 Å². The van der Waals surface area contributed by atoms with Crippen molar-refractivity contribution >= 4 is 17.3 Å². The molecule has 9 heteroatoms. The van der Waals surface area contributed by atoms with E-state index in [-0.39, 0.29) is 11.5 Å². The van der Waals surface area contributed by atoms with Gasteiger partial charge in [0.05, 0.1) is 4.92 Å². The van der Waals surface area contributed by atoms with Crippen LogP contribution in [0.25, 0.3) is 0 Å². The number of piperazine rings is 1. The Morgan fingerprint density at radius 3 is 2.61 bits per heavy atom. The number of hydrogen-bond acceptors (Lipinski definition) is 8. The van der Waals surface area contributed by atoms with Gasteiger partial charge in [0.1, 0.15) is 6.33 Å². The highest BCUT2D eigenvalue weighted by molar-refractivity contribution is 5.70. The molecule has 3 rings (SSSR count). The molecular formula is C19H26N6O3. The molecule has 0 amide bonds. The van der Waals surface area contributed by atoms with Crippen molar-refractivity contribution < 1.29 is 9.66 Å². The lowest BCUT2D eigenvalue weighted by atomic mass is 10.2. The van der Waals surface area contributed by atoms with Crippen molar-refractivity contribution in [2.45, 2.75) is 13.0 Å². The van der Waals surface area contributed by atoms with Gasteiger partial charge in [-0.05, 0) is 12.0 Å². The first-order chi connectivity index (χ1) is 13.7. The highest BCUT2D eigenvalue weighted by atomic mass is 16.6. The first-order valence-corrected chi connectivity index (χ1v) is 9.42. The van der Waals surface area contributed by atoms with Gasteiger partial charge < -0.3 is 15.0 Å². The van der Waals surface area contributed by atoms with Crippen LogP contribution < -0.4 is 10.2 Å². The van der Waals surface area contributed by atoms with Crippen LogP contribution in [0.4, 0.5) is 17.3 Å². The number of hydrogen-bond donors (Lipinski definition) is 1. The first-order valence-electron chi connectivity index (χ1n) is 9.42. The molecule has 0 atom stereocenters. The van der Waals surface area contributed by atoms with Crippen LogP contribution in [0, 0.1) is 10.1 Å². The molecule has 150 valence electrons. The third-order valence-electron chi connectivity index (χ3n) is 4.72. The molecule has 2 aromatic rings. The number of nitro groups is 1. The lowest BCUT2D eigenvalue weighted by Gasteiger charge is -2.35. The lowest BCUT2D eigenvalue weighted by molar-refractivity contribution is -0.383. The predicted octanol–water partition coefficient (Wildman–Crippen LogP) is 2.16. The summed E-state index contributed by atoms with van der Waals surface area (Å²) in [5, 5.41) is 14.7. The van der Waals surface area contributed by atoms with Crippen molar-refractivity contribution in [3.05, 3.63) is 52.3 Å². The monoisotopic (exact) mass is 386 g/mol. The van der Waals surface area contributed by atoms with Crippen molar-refractivity contribution in [1.29, 1.82) is 0 Å². The van der Waals surface area contributed by atoms with Gasteiger partial charge >= 0.3 is 5.69 Å². The average Bonchev–Trinajstić information content (AvgIpc) is 2.72. The van der Waals surface area contributed by atoms with E-state index in [1.165, 1.54) is 11.9 Å². The average molecular weight is 386 g/mol. The summed E-state index contributed by atoms with van der Waals surface area (Å²) in [6.07, 6.45) is 2.13. The fourth-order valence-corrected chi connectivity index (χ4v) is 3.28. The van der Waals surface area contributed by atoms with E-state index in [1.807, 2.05) is 23.1 Å². The predicted molar refractivity (Wildman–Crippen MR) is 108 cm³/mol. The summed E-state index contributed by atoms with van der Waals surface area (Å²) in [4.78, 5) is 23.9. The Bertz CT molecular complexity index is 766. The first kappa shape index (κ1) is 20.0. The van der Waals surface area contributed by atoms with Gasteiger partial charge in [-0.2, -0.15) is 0 Å². The van der Waals surface area contributed by atoms with Crippen LogP contribution in [-0.4, -0.2) is 66.2 Å². The molecule has 1 fully saturated rings. The second-order valence-corrected chi connectivity index (χ2v) is 6.67. The Kier molecular flexibility index (Phi) is 7.10. The summed E-state index contributed by atoms with van der Waals surface area (Å²) in [6.45, 7) is 5.05. The summed E-state index contributed by atoms with van der Waals surface area (Å²) in [7, 11) is 1.63. The van der Waals surface area contributed by atoms with E-state index >= 15 is 0 Å². The molecule has 1 aromatic heterocycles. The quantitative estimate of drug-likeness (QED) is 0.398. The molecule has 0 saturated carbocycles. The van der Waals surface area contributed by atoms with Crippen molar-refractivity contribution in [3.63, 3.8) is 0 Å². The zero-order valence-electron chi connectivity index (χ0n) is 16.1. The Morgan fingerprint density at radius 2 is 1.93 bits per heavy atom. The number of aromatic nitrogens is 2. The molecule has 1 aliphatic rings. The standard InChI is InChI=1S/C19H26N6O3/c1-28-13-5-8-20-18-17(25(26)27)19(22-15-21-18)24-11-9-23(10-12-24)14-16-6-3-2-4-7-16/h2-4,6-7,15H,5,8-14H2,1H3,(H,20,21,22). The molecule has 0 bridgehead atoms. The summed E-state index contributed by atoms with van der Waals surface area (Å²) in [6, 6.07) is 10.3. The van der Waals surface area contributed by atoms with E-state index in [2.05, 4.69) is 32.3 Å². The minimum atomic E-state index is -0.398. The summed E-state index contributed by atoms with van der Waals surface area (Å²) >= 11 is 0. The van der Waals surface area contributed by atoms with Gasteiger partial charge in [-0.15, -0.1) is 0 Å². The molecule has 1 saturated heterocycles. The SMILES string of the molecule is COCCCNc1ncnc(N2CCN(Cc3ccccc3)CC2)c1[N+](=O)[O-]. The van der Waals surface area contributed by atoms with Crippen LogP contribution in [0.15, 0.2) is 36.7 Å². The van der Waals surface area contributed by atoms with Crippen molar-refractivity contribution in [2.24, 2.45) is 0 Å². The van der Waals surface area contributed by atoms with Crippen LogP contribution >= 0.6 is 0 Å². The molecule has 0 unspecified atom stereocenters. The van der Waals surface area contributed by atoms with Crippen molar-refractivity contribution in [2.75, 3.05) is 56.7 Å². The number of ether oxygens (including phenoxy) is 1. The fraction of sp³-hybridized carbons (Fsp3) is 0.474. The molecular weight excluding hydrogens is 360 g/mol. The largest absolute Gasteiger partial charge is 0.385 e. The van der Waals surface area contributed by atoms with Crippen LogP contribution in [-0.2, 0) is 11.3 Å². The number of nitrogens with zero attached hydrogens (tertiary/aromatic N) is 5. The molecule has 1 aromatic carbocycles. The molecule has 0 radical (unpaired) electrons. The Morgan fingerprint density at radius 1 is 1.18 bits per heavy atom. The number of rotatable bonds is 9. The van der Waals surface area contributed by atoms with E-state index in [1.54, 1.807) is 7.11 Å². The topological polar surface area (TPSA) is 96.7 Å².